The van der Waals surface area contributed by atoms with Gasteiger partial charge in [0.05, 0.1) is 4.92 Å². The second-order valence-corrected chi connectivity index (χ2v) is 6.43. The molecule has 0 saturated carbocycles. The summed E-state index contributed by atoms with van der Waals surface area (Å²) in [5, 5.41) is 14.1. The highest BCUT2D eigenvalue weighted by Gasteiger charge is 2.36. The predicted molar refractivity (Wildman–Crippen MR) is 84.3 cm³/mol. The Morgan fingerprint density at radius 1 is 1.42 bits per heavy atom. The number of fused-ring (bicyclic) bond motifs is 2. The van der Waals surface area contributed by atoms with Crippen LogP contribution in [0.4, 0.5) is 10.1 Å². The topological polar surface area (TPSA) is 84.7 Å². The van der Waals surface area contributed by atoms with Gasteiger partial charge in [-0.3, -0.25) is 14.9 Å². The number of amides is 1. The molecule has 3 rings (SSSR count). The van der Waals surface area contributed by atoms with E-state index in [4.69, 9.17) is 4.74 Å². The molecule has 0 aliphatic carbocycles. The lowest BCUT2D eigenvalue weighted by atomic mass is 9.98. The summed E-state index contributed by atoms with van der Waals surface area (Å²) in [5.41, 5.74) is -0.615. The fraction of sp³-hybridized carbons (Fsp3) is 0.562. The van der Waals surface area contributed by atoms with E-state index in [1.807, 2.05) is 0 Å². The van der Waals surface area contributed by atoms with E-state index in [1.165, 1.54) is 6.07 Å². The summed E-state index contributed by atoms with van der Waals surface area (Å²) in [6.07, 6.45) is 4.18. The fourth-order valence-electron chi connectivity index (χ4n) is 3.52. The summed E-state index contributed by atoms with van der Waals surface area (Å²) in [4.78, 5) is 23.8. The van der Waals surface area contributed by atoms with Gasteiger partial charge in [-0.15, -0.1) is 0 Å². The summed E-state index contributed by atoms with van der Waals surface area (Å²) < 4.78 is 18.8. The molecule has 2 saturated heterocycles. The maximum Gasteiger partial charge on any atom is 0.305 e. The lowest BCUT2D eigenvalue weighted by molar-refractivity contribution is -0.387. The van der Waals surface area contributed by atoms with E-state index in [1.54, 1.807) is 11.9 Å². The monoisotopic (exact) mass is 337 g/mol. The van der Waals surface area contributed by atoms with Gasteiger partial charge in [0.15, 0.2) is 6.61 Å². The third kappa shape index (κ3) is 3.48. The molecule has 0 radical (unpaired) electrons. The maximum absolute atomic E-state index is 13.5. The number of carbonyl (C=O) groups excluding carboxylic acids is 1. The van der Waals surface area contributed by atoms with Crippen molar-refractivity contribution in [3.05, 3.63) is 34.1 Å². The zero-order chi connectivity index (χ0) is 17.3. The standard InChI is InChI=1S/C16H20FN3O4/c1-19(12-6-10-2-3-11(7-12)18-10)16(21)9-24-13-4-5-15(20(22)23)14(17)8-13/h4-5,8,10-12,18H,2-3,6-7,9H2,1H3. The van der Waals surface area contributed by atoms with Crippen LogP contribution in [0.5, 0.6) is 5.75 Å². The van der Waals surface area contributed by atoms with Gasteiger partial charge in [0.2, 0.25) is 5.82 Å². The number of carbonyl (C=O) groups is 1. The molecule has 24 heavy (non-hydrogen) atoms. The van der Waals surface area contributed by atoms with Crippen LogP contribution in [0, 0.1) is 15.9 Å². The number of nitro benzene ring substituents is 1. The van der Waals surface area contributed by atoms with Crippen LogP contribution in [0.15, 0.2) is 18.2 Å². The Morgan fingerprint density at radius 2 is 2.08 bits per heavy atom. The molecule has 1 N–H and O–H groups in total. The Hall–Kier alpha value is -2.22. The van der Waals surface area contributed by atoms with E-state index < -0.39 is 16.4 Å². The summed E-state index contributed by atoms with van der Waals surface area (Å²) >= 11 is 0. The number of nitro groups is 1. The van der Waals surface area contributed by atoms with Crippen LogP contribution in [-0.2, 0) is 4.79 Å². The number of rotatable bonds is 5. The third-order valence-corrected chi connectivity index (χ3v) is 4.87. The van der Waals surface area contributed by atoms with Crippen molar-refractivity contribution in [2.75, 3.05) is 13.7 Å². The van der Waals surface area contributed by atoms with Crippen molar-refractivity contribution in [2.24, 2.45) is 0 Å². The van der Waals surface area contributed by atoms with Crippen molar-refractivity contribution < 1.29 is 18.8 Å². The van der Waals surface area contributed by atoms with Crippen molar-refractivity contribution in [2.45, 2.75) is 43.8 Å². The average molecular weight is 337 g/mol. The minimum atomic E-state index is -0.978. The lowest BCUT2D eigenvalue weighted by Gasteiger charge is -2.35. The van der Waals surface area contributed by atoms with Crippen molar-refractivity contribution >= 4 is 11.6 Å². The Morgan fingerprint density at radius 3 is 2.67 bits per heavy atom. The molecule has 2 fully saturated rings. The number of benzene rings is 1. The van der Waals surface area contributed by atoms with E-state index in [9.17, 15) is 19.3 Å². The SMILES string of the molecule is CN(C(=O)COc1ccc([N+](=O)[O-])c(F)c1)C1CC2CCC(C1)N2. The first-order valence-electron chi connectivity index (χ1n) is 8.02. The Balaban J connectivity index is 1.55. The number of ether oxygens (including phenoxy) is 1. The molecular weight excluding hydrogens is 317 g/mol. The molecule has 2 aliphatic rings. The Labute approximate surface area is 138 Å². The smallest absolute Gasteiger partial charge is 0.305 e. The lowest BCUT2D eigenvalue weighted by Crippen LogP contribution is -2.49. The van der Waals surface area contributed by atoms with Crippen LogP contribution in [0.2, 0.25) is 0 Å². The van der Waals surface area contributed by atoms with Crippen LogP contribution in [0.1, 0.15) is 25.7 Å². The van der Waals surface area contributed by atoms with Crippen LogP contribution in [0.25, 0.3) is 0 Å². The van der Waals surface area contributed by atoms with Gasteiger partial charge in [0.25, 0.3) is 5.91 Å². The number of piperidine rings is 1. The zero-order valence-electron chi connectivity index (χ0n) is 13.4. The van der Waals surface area contributed by atoms with Crippen LogP contribution in [0.3, 0.4) is 0 Å². The molecule has 0 spiro atoms. The highest BCUT2D eigenvalue weighted by molar-refractivity contribution is 5.77. The van der Waals surface area contributed by atoms with E-state index in [-0.39, 0.29) is 24.3 Å². The predicted octanol–water partition coefficient (Wildman–Crippen LogP) is 1.85. The number of hydrogen-bond acceptors (Lipinski definition) is 5. The summed E-state index contributed by atoms with van der Waals surface area (Å²) in [6, 6.07) is 4.40. The number of nitrogens with one attached hydrogen (secondary N) is 1. The molecule has 2 aliphatic heterocycles. The summed E-state index contributed by atoms with van der Waals surface area (Å²) in [6.45, 7) is -0.215. The molecule has 130 valence electrons. The van der Waals surface area contributed by atoms with Gasteiger partial charge in [0, 0.05) is 37.3 Å². The molecule has 2 atom stereocenters. The van der Waals surface area contributed by atoms with Gasteiger partial charge < -0.3 is 15.0 Å². The molecule has 8 heteroatoms. The fourth-order valence-corrected chi connectivity index (χ4v) is 3.52. The molecule has 1 amide bonds. The molecule has 1 aromatic carbocycles. The van der Waals surface area contributed by atoms with Crippen LogP contribution < -0.4 is 10.1 Å². The summed E-state index contributed by atoms with van der Waals surface area (Å²) in [5.74, 6) is -1.06. The number of likely N-dealkylation sites (N-methyl/N-ethyl adjacent to an activating group) is 1. The van der Waals surface area contributed by atoms with Gasteiger partial charge in [-0.1, -0.05) is 0 Å². The highest BCUT2D eigenvalue weighted by atomic mass is 19.1. The van der Waals surface area contributed by atoms with Crippen molar-refractivity contribution in [3.8, 4) is 5.75 Å². The molecule has 2 unspecified atom stereocenters. The first kappa shape index (κ1) is 16.6. The van der Waals surface area contributed by atoms with Gasteiger partial charge in [0.1, 0.15) is 5.75 Å². The first-order valence-corrected chi connectivity index (χ1v) is 8.02. The molecular formula is C16H20FN3O4. The number of hydrogen-bond donors (Lipinski definition) is 1. The Kier molecular flexibility index (Phi) is 4.66. The van der Waals surface area contributed by atoms with Crippen molar-refractivity contribution in [3.63, 3.8) is 0 Å². The maximum atomic E-state index is 13.5. The quantitative estimate of drug-likeness (QED) is 0.655. The summed E-state index contributed by atoms with van der Waals surface area (Å²) in [7, 11) is 1.76. The van der Waals surface area contributed by atoms with Crippen molar-refractivity contribution in [1.29, 1.82) is 0 Å². The minimum Gasteiger partial charge on any atom is -0.484 e. The van der Waals surface area contributed by atoms with Gasteiger partial charge in [-0.05, 0) is 31.7 Å². The van der Waals surface area contributed by atoms with E-state index >= 15 is 0 Å². The second kappa shape index (κ2) is 6.72. The zero-order valence-corrected chi connectivity index (χ0v) is 13.4. The number of halogens is 1. The van der Waals surface area contributed by atoms with Crippen LogP contribution in [-0.4, -0.2) is 47.5 Å². The molecule has 2 bridgehead atoms. The normalized spacial score (nSPS) is 25.3. The molecule has 1 aromatic rings. The van der Waals surface area contributed by atoms with E-state index in [2.05, 4.69) is 5.32 Å². The highest BCUT2D eigenvalue weighted by Crippen LogP contribution is 2.29. The van der Waals surface area contributed by atoms with Gasteiger partial charge in [-0.2, -0.15) is 4.39 Å². The van der Waals surface area contributed by atoms with Gasteiger partial charge >= 0.3 is 5.69 Å². The van der Waals surface area contributed by atoms with Crippen molar-refractivity contribution in [1.82, 2.24) is 10.2 Å². The second-order valence-electron chi connectivity index (χ2n) is 6.43. The first-order chi connectivity index (χ1) is 11.4. The minimum absolute atomic E-state index is 0.102. The molecule has 0 aromatic heterocycles. The Bertz CT molecular complexity index is 642. The third-order valence-electron chi connectivity index (χ3n) is 4.87. The largest absolute Gasteiger partial charge is 0.484 e. The van der Waals surface area contributed by atoms with Crippen LogP contribution >= 0.6 is 0 Å². The molecule has 2 heterocycles. The average Bonchev–Trinajstić information content (AvgIpc) is 2.89. The van der Waals surface area contributed by atoms with Gasteiger partial charge in [-0.25, -0.2) is 0 Å². The molecule has 7 nitrogen and oxygen atoms in total. The van der Waals surface area contributed by atoms with E-state index in [0.717, 1.165) is 37.8 Å². The number of nitrogens with zero attached hydrogens (tertiary/aromatic N) is 2. The van der Waals surface area contributed by atoms with E-state index in [0.29, 0.717) is 12.1 Å².